The van der Waals surface area contributed by atoms with Crippen LogP contribution in [-0.4, -0.2) is 34.2 Å². The van der Waals surface area contributed by atoms with Crippen molar-refractivity contribution in [2.24, 2.45) is 11.8 Å². The van der Waals surface area contributed by atoms with Crippen LogP contribution in [0.3, 0.4) is 0 Å². The Labute approximate surface area is 195 Å². The molecule has 0 bridgehead atoms. The summed E-state index contributed by atoms with van der Waals surface area (Å²) in [6, 6.07) is 17.6. The van der Waals surface area contributed by atoms with E-state index in [0.717, 1.165) is 42.8 Å². The van der Waals surface area contributed by atoms with Gasteiger partial charge in [-0.1, -0.05) is 36.8 Å². The molecule has 1 amide bonds. The first kappa shape index (κ1) is 21.6. The van der Waals surface area contributed by atoms with Gasteiger partial charge in [0, 0.05) is 12.5 Å². The zero-order valence-electron chi connectivity index (χ0n) is 19.4. The van der Waals surface area contributed by atoms with Crippen LogP contribution in [0.1, 0.15) is 43.4 Å². The molecule has 1 aromatic heterocycles. The molecular formula is C27H31N3O3. The van der Waals surface area contributed by atoms with E-state index in [4.69, 9.17) is 14.6 Å². The smallest absolute Gasteiger partial charge is 0.228 e. The van der Waals surface area contributed by atoms with Gasteiger partial charge >= 0.3 is 0 Å². The second kappa shape index (κ2) is 9.30. The Kier molecular flexibility index (Phi) is 6.07. The van der Waals surface area contributed by atoms with Gasteiger partial charge in [-0.2, -0.15) is 5.10 Å². The standard InChI is InChI=1S/C27H31N3O3/c1-19-23(18-29(17-20-15-16-20)26(31)21-9-8-10-21)27(30(28-19)22-11-4-3-5-12-22)33-25-14-7-6-13-24(25)32-2/h3-7,11-14,20-21H,8-10,15-18H2,1-2H3. The fraction of sp³-hybridized carbons (Fsp3) is 0.407. The van der Waals surface area contributed by atoms with Gasteiger partial charge in [-0.15, -0.1) is 0 Å². The third-order valence-electron chi connectivity index (χ3n) is 6.70. The SMILES string of the molecule is COc1ccccc1Oc1c(CN(CC2CC2)C(=O)C2CCC2)c(C)nn1-c1ccccc1. The first-order chi connectivity index (χ1) is 16.1. The minimum Gasteiger partial charge on any atom is -0.493 e. The number of amides is 1. The Balaban J connectivity index is 1.54. The van der Waals surface area contributed by atoms with E-state index in [1.807, 2.05) is 66.2 Å². The van der Waals surface area contributed by atoms with E-state index in [1.54, 1.807) is 7.11 Å². The number of hydrogen-bond donors (Lipinski definition) is 0. The lowest BCUT2D eigenvalue weighted by atomic mass is 9.84. The molecular weight excluding hydrogens is 414 g/mol. The van der Waals surface area contributed by atoms with E-state index in [-0.39, 0.29) is 11.8 Å². The first-order valence-corrected chi connectivity index (χ1v) is 11.9. The molecule has 3 aromatic rings. The lowest BCUT2D eigenvalue weighted by Gasteiger charge is -2.32. The monoisotopic (exact) mass is 445 g/mol. The maximum atomic E-state index is 13.3. The van der Waals surface area contributed by atoms with Crippen LogP contribution < -0.4 is 9.47 Å². The summed E-state index contributed by atoms with van der Waals surface area (Å²) in [5.41, 5.74) is 2.72. The van der Waals surface area contributed by atoms with Crippen LogP contribution in [0.4, 0.5) is 0 Å². The molecule has 6 heteroatoms. The maximum absolute atomic E-state index is 13.3. The van der Waals surface area contributed by atoms with Crippen LogP contribution in [0.2, 0.25) is 0 Å². The molecule has 5 rings (SSSR count). The second-order valence-electron chi connectivity index (χ2n) is 9.16. The van der Waals surface area contributed by atoms with Gasteiger partial charge in [0.25, 0.3) is 0 Å². The predicted octanol–water partition coefficient (Wildman–Crippen LogP) is 5.52. The van der Waals surface area contributed by atoms with Crippen LogP contribution in [0.15, 0.2) is 54.6 Å². The molecule has 2 aliphatic rings. The fourth-order valence-electron chi connectivity index (χ4n) is 4.33. The average Bonchev–Trinajstić information content (AvgIpc) is 3.57. The van der Waals surface area contributed by atoms with Gasteiger partial charge in [-0.05, 0) is 62.8 Å². The Hall–Kier alpha value is -3.28. The van der Waals surface area contributed by atoms with E-state index >= 15 is 0 Å². The van der Waals surface area contributed by atoms with E-state index < -0.39 is 0 Å². The molecule has 6 nitrogen and oxygen atoms in total. The lowest BCUT2D eigenvalue weighted by molar-refractivity contribution is -0.139. The molecule has 33 heavy (non-hydrogen) atoms. The lowest BCUT2D eigenvalue weighted by Crippen LogP contribution is -2.39. The van der Waals surface area contributed by atoms with Gasteiger partial charge in [-0.3, -0.25) is 4.79 Å². The molecule has 2 aliphatic carbocycles. The van der Waals surface area contributed by atoms with Crippen LogP contribution >= 0.6 is 0 Å². The highest BCUT2D eigenvalue weighted by molar-refractivity contribution is 5.79. The van der Waals surface area contributed by atoms with E-state index in [9.17, 15) is 4.79 Å². The summed E-state index contributed by atoms with van der Waals surface area (Å²) in [6.45, 7) is 3.32. The summed E-state index contributed by atoms with van der Waals surface area (Å²) < 4.78 is 13.8. The number of methoxy groups -OCH3 is 1. The molecule has 1 heterocycles. The number of carbonyl (C=O) groups is 1. The minimum absolute atomic E-state index is 0.173. The number of aryl methyl sites for hydroxylation is 1. The zero-order chi connectivity index (χ0) is 22.8. The summed E-state index contributed by atoms with van der Waals surface area (Å²) in [5, 5.41) is 4.83. The molecule has 0 unspecified atom stereocenters. The van der Waals surface area contributed by atoms with Crippen LogP contribution in [0.25, 0.3) is 5.69 Å². The van der Waals surface area contributed by atoms with Crippen molar-refractivity contribution in [1.29, 1.82) is 0 Å². The number of hydrogen-bond acceptors (Lipinski definition) is 4. The Morgan fingerprint density at radius 3 is 2.36 bits per heavy atom. The highest BCUT2D eigenvalue weighted by Gasteiger charge is 2.34. The third-order valence-corrected chi connectivity index (χ3v) is 6.70. The van der Waals surface area contributed by atoms with Crippen molar-refractivity contribution in [3.05, 3.63) is 65.9 Å². The van der Waals surface area contributed by atoms with Gasteiger partial charge < -0.3 is 14.4 Å². The number of aromatic nitrogens is 2. The van der Waals surface area contributed by atoms with Crippen molar-refractivity contribution in [2.45, 2.75) is 45.6 Å². The summed E-state index contributed by atoms with van der Waals surface area (Å²) in [5.74, 6) is 2.98. The zero-order valence-corrected chi connectivity index (χ0v) is 19.4. The molecule has 172 valence electrons. The number of para-hydroxylation sites is 3. The second-order valence-corrected chi connectivity index (χ2v) is 9.16. The van der Waals surface area contributed by atoms with Gasteiger partial charge in [0.05, 0.1) is 30.6 Å². The third kappa shape index (κ3) is 4.61. The Morgan fingerprint density at radius 1 is 1.03 bits per heavy atom. The predicted molar refractivity (Wildman–Crippen MR) is 127 cm³/mol. The van der Waals surface area contributed by atoms with E-state index in [1.165, 1.54) is 12.8 Å². The quantitative estimate of drug-likeness (QED) is 0.435. The molecule has 0 N–H and O–H groups in total. The summed E-state index contributed by atoms with van der Waals surface area (Å²) in [7, 11) is 1.64. The fourth-order valence-corrected chi connectivity index (χ4v) is 4.33. The molecule has 2 fully saturated rings. The summed E-state index contributed by atoms with van der Waals surface area (Å²) >= 11 is 0. The molecule has 0 spiro atoms. The molecule has 0 saturated heterocycles. The molecule has 2 aromatic carbocycles. The van der Waals surface area contributed by atoms with Crippen molar-refractivity contribution >= 4 is 5.91 Å². The number of benzene rings is 2. The van der Waals surface area contributed by atoms with Crippen LogP contribution in [0.5, 0.6) is 17.4 Å². The highest BCUT2D eigenvalue weighted by Crippen LogP contribution is 2.38. The maximum Gasteiger partial charge on any atom is 0.228 e. The van der Waals surface area contributed by atoms with Gasteiger partial charge in [0.2, 0.25) is 11.8 Å². The topological polar surface area (TPSA) is 56.6 Å². The molecule has 0 atom stereocenters. The van der Waals surface area contributed by atoms with Gasteiger partial charge in [-0.25, -0.2) is 4.68 Å². The van der Waals surface area contributed by atoms with Gasteiger partial charge in [0.1, 0.15) is 0 Å². The minimum atomic E-state index is 0.173. The Bertz CT molecular complexity index is 1120. The number of nitrogens with zero attached hydrogens (tertiary/aromatic N) is 3. The van der Waals surface area contributed by atoms with Crippen molar-refractivity contribution in [2.75, 3.05) is 13.7 Å². The van der Waals surface area contributed by atoms with Crippen molar-refractivity contribution < 1.29 is 14.3 Å². The van der Waals surface area contributed by atoms with Gasteiger partial charge in [0.15, 0.2) is 11.5 Å². The largest absolute Gasteiger partial charge is 0.493 e. The number of ether oxygens (including phenoxy) is 2. The average molecular weight is 446 g/mol. The van der Waals surface area contributed by atoms with E-state index in [2.05, 4.69) is 4.90 Å². The van der Waals surface area contributed by atoms with Crippen LogP contribution in [0, 0.1) is 18.8 Å². The van der Waals surface area contributed by atoms with Crippen LogP contribution in [-0.2, 0) is 11.3 Å². The van der Waals surface area contributed by atoms with Crippen molar-refractivity contribution in [1.82, 2.24) is 14.7 Å². The number of rotatable bonds is 9. The molecule has 2 saturated carbocycles. The number of carbonyl (C=O) groups excluding carboxylic acids is 1. The normalized spacial score (nSPS) is 15.7. The molecule has 0 radical (unpaired) electrons. The summed E-state index contributed by atoms with van der Waals surface area (Å²) in [6.07, 6.45) is 5.59. The van der Waals surface area contributed by atoms with Crippen molar-refractivity contribution in [3.63, 3.8) is 0 Å². The summed E-state index contributed by atoms with van der Waals surface area (Å²) in [4.78, 5) is 15.3. The highest BCUT2D eigenvalue weighted by atomic mass is 16.5. The van der Waals surface area contributed by atoms with Crippen molar-refractivity contribution in [3.8, 4) is 23.1 Å². The first-order valence-electron chi connectivity index (χ1n) is 11.9. The molecule has 0 aliphatic heterocycles. The Morgan fingerprint density at radius 2 is 1.73 bits per heavy atom. The van der Waals surface area contributed by atoms with E-state index in [0.29, 0.717) is 29.8 Å².